The molecule has 28 aromatic carbocycles. The molecule has 0 unspecified atom stereocenters. The van der Waals surface area contributed by atoms with Crippen LogP contribution < -0.4 is 0 Å². The summed E-state index contributed by atoms with van der Waals surface area (Å²) in [6.07, 6.45) is 0. The van der Waals surface area contributed by atoms with E-state index in [9.17, 15) is 0 Å². The van der Waals surface area contributed by atoms with Gasteiger partial charge in [-0.2, -0.15) is 0 Å². The van der Waals surface area contributed by atoms with Crippen LogP contribution in [0.3, 0.4) is 0 Å². The zero-order valence-electron chi connectivity index (χ0n) is 71.2. The van der Waals surface area contributed by atoms with Crippen molar-refractivity contribution < 1.29 is 0 Å². The molecular formula is C130H80. The molecule has 0 aromatic heterocycles. The van der Waals surface area contributed by atoms with Gasteiger partial charge < -0.3 is 0 Å². The van der Waals surface area contributed by atoms with Gasteiger partial charge >= 0.3 is 0 Å². The molecule has 0 heteroatoms. The van der Waals surface area contributed by atoms with Crippen LogP contribution in [0.4, 0.5) is 0 Å². The molecule has 0 amide bonds. The van der Waals surface area contributed by atoms with E-state index in [1.54, 1.807) is 0 Å². The molecule has 28 rings (SSSR count). The Bertz CT molecular complexity index is 9350. The van der Waals surface area contributed by atoms with Gasteiger partial charge in [-0.25, -0.2) is 0 Å². The Labute approximate surface area is 751 Å². The quantitative estimate of drug-likeness (QED) is 0.115. The Balaban J connectivity index is 0.000000103. The van der Waals surface area contributed by atoms with E-state index in [1.807, 2.05) is 0 Å². The Morgan fingerprint density at radius 1 is 0.0769 bits per heavy atom. The van der Waals surface area contributed by atoms with E-state index >= 15 is 0 Å². The predicted octanol–water partition coefficient (Wildman–Crippen LogP) is 37.0. The first-order valence-electron chi connectivity index (χ1n) is 45.3. The minimum Gasteiger partial charge on any atom is -0.0616 e. The minimum absolute atomic E-state index is 1.25. The lowest BCUT2D eigenvalue weighted by Crippen LogP contribution is -1.92. The van der Waals surface area contributed by atoms with Crippen LogP contribution in [0.1, 0.15) is 0 Å². The highest BCUT2D eigenvalue weighted by Gasteiger charge is 2.25. The third-order valence-corrected chi connectivity index (χ3v) is 28.0. The molecule has 600 valence electrons. The van der Waals surface area contributed by atoms with Crippen LogP contribution in [-0.4, -0.2) is 0 Å². The Hall–Kier alpha value is -16.9. The van der Waals surface area contributed by atoms with Crippen LogP contribution in [0.15, 0.2) is 485 Å². The summed E-state index contributed by atoms with van der Waals surface area (Å²) in [6.45, 7) is 0. The number of rotatable bonds is 6. The fourth-order valence-electron chi connectivity index (χ4n) is 22.4. The average molecular weight is 1640 g/mol. The summed E-state index contributed by atoms with van der Waals surface area (Å²) in [5.74, 6) is 0. The van der Waals surface area contributed by atoms with Gasteiger partial charge in [-0.3, -0.25) is 0 Å². The van der Waals surface area contributed by atoms with Crippen LogP contribution in [0.25, 0.3) is 271 Å². The first-order chi connectivity index (χ1) is 64.6. The van der Waals surface area contributed by atoms with Crippen LogP contribution in [0.2, 0.25) is 0 Å². The highest BCUT2D eigenvalue weighted by Crippen LogP contribution is 2.52. The standard InChI is InChI=1S/C46H28.2C42H26/c1-2-14-31-29(13-1)27-44(37-20-8-3-15-32(31)37)46-41-23-11-9-21-39(41)45(40-22-10-12-24-42(40)46)30-25-26-38-35-18-5-4-16-33(35)34-17-6-7-19-36(34)43(38)28-30;1-2-14-29-27(12-1)13-11-23-35(29)42-38-21-9-7-19-36(38)41(37-20-8-10-22-39(37)42)28-24-25-34-32-17-4-3-15-30(32)31-16-5-6-18-33(31)40(34)26-28;1-2-12-28-25-29(22-21-27(28)11-1)41-36-17-7-9-19-38(36)42(39-20-10-8-18-37(39)41)30-23-24-35-33-15-4-3-13-31(33)32-14-5-6-16-34(32)40(35)26-30/h1-28H;2*1-26H. The lowest BCUT2D eigenvalue weighted by Gasteiger charge is -2.20. The maximum atomic E-state index is 2.43. The summed E-state index contributed by atoms with van der Waals surface area (Å²) in [6, 6.07) is 179. The molecule has 0 fully saturated rings. The van der Waals surface area contributed by atoms with Gasteiger partial charge in [0.1, 0.15) is 0 Å². The first kappa shape index (κ1) is 74.5. The summed E-state index contributed by atoms with van der Waals surface area (Å²) in [5.41, 5.74) is 15.3. The molecule has 28 aromatic rings. The third kappa shape index (κ3) is 11.9. The fourth-order valence-corrected chi connectivity index (χ4v) is 22.4. The minimum atomic E-state index is 1.25. The highest BCUT2D eigenvalue weighted by molar-refractivity contribution is 6.33. The van der Waals surface area contributed by atoms with Gasteiger partial charge in [0.25, 0.3) is 0 Å². The fraction of sp³-hybridized carbons (Fsp3) is 0. The Kier molecular flexibility index (Phi) is 17.5. The van der Waals surface area contributed by atoms with Crippen LogP contribution in [-0.2, 0) is 0 Å². The number of hydrogen-bond acceptors (Lipinski definition) is 0. The van der Waals surface area contributed by atoms with E-state index in [-0.39, 0.29) is 0 Å². The summed E-state index contributed by atoms with van der Waals surface area (Å²) < 4.78 is 0. The Morgan fingerprint density at radius 3 is 0.600 bits per heavy atom. The van der Waals surface area contributed by atoms with Crippen molar-refractivity contribution >= 4 is 205 Å². The molecule has 0 aliphatic rings. The molecule has 0 atom stereocenters. The number of hydrogen-bond donors (Lipinski definition) is 0. The molecule has 0 radical (unpaired) electrons. The van der Waals surface area contributed by atoms with Crippen LogP contribution in [0, 0.1) is 0 Å². The van der Waals surface area contributed by atoms with Gasteiger partial charge in [0.15, 0.2) is 0 Å². The second kappa shape index (κ2) is 30.5. The Morgan fingerprint density at radius 2 is 0.277 bits per heavy atom. The molecule has 0 spiro atoms. The normalized spacial score (nSPS) is 11.8. The molecule has 130 heavy (non-hydrogen) atoms. The van der Waals surface area contributed by atoms with E-state index in [4.69, 9.17) is 0 Å². The van der Waals surface area contributed by atoms with E-state index in [2.05, 4.69) is 485 Å². The lowest BCUT2D eigenvalue weighted by atomic mass is 9.83. The van der Waals surface area contributed by atoms with Gasteiger partial charge in [-0.05, 0) is 302 Å². The zero-order chi connectivity index (χ0) is 85.4. The van der Waals surface area contributed by atoms with Crippen molar-refractivity contribution in [3.8, 4) is 66.8 Å². The van der Waals surface area contributed by atoms with Crippen molar-refractivity contribution in [2.75, 3.05) is 0 Å². The van der Waals surface area contributed by atoms with Gasteiger partial charge in [0, 0.05) is 0 Å². The second-order valence-corrected chi connectivity index (χ2v) is 34.9. The van der Waals surface area contributed by atoms with Crippen molar-refractivity contribution in [2.45, 2.75) is 0 Å². The number of fused-ring (bicyclic) bond motifs is 29. The average Bonchev–Trinajstić information content (AvgIpc) is 0.714. The summed E-state index contributed by atoms with van der Waals surface area (Å²) in [4.78, 5) is 0. The van der Waals surface area contributed by atoms with Crippen molar-refractivity contribution in [1.82, 2.24) is 0 Å². The molecule has 0 aliphatic heterocycles. The topological polar surface area (TPSA) is 0 Å². The largest absolute Gasteiger partial charge is 0.0616 e. The highest BCUT2D eigenvalue weighted by atomic mass is 14.3. The van der Waals surface area contributed by atoms with Gasteiger partial charge in [0.05, 0.1) is 0 Å². The van der Waals surface area contributed by atoms with Crippen LogP contribution in [0.5, 0.6) is 0 Å². The molecule has 0 saturated carbocycles. The lowest BCUT2D eigenvalue weighted by molar-refractivity contribution is 1.68. The summed E-state index contributed by atoms with van der Waals surface area (Å²) in [5, 5.41) is 49.0. The van der Waals surface area contributed by atoms with Crippen molar-refractivity contribution in [1.29, 1.82) is 0 Å². The molecule has 0 bridgehead atoms. The summed E-state index contributed by atoms with van der Waals surface area (Å²) in [7, 11) is 0. The first-order valence-corrected chi connectivity index (χ1v) is 45.3. The summed E-state index contributed by atoms with van der Waals surface area (Å²) >= 11 is 0. The van der Waals surface area contributed by atoms with Gasteiger partial charge in [-0.15, -0.1) is 0 Å². The van der Waals surface area contributed by atoms with Gasteiger partial charge in [0.2, 0.25) is 0 Å². The third-order valence-electron chi connectivity index (χ3n) is 28.0. The van der Waals surface area contributed by atoms with E-state index < -0.39 is 0 Å². The maximum Gasteiger partial charge on any atom is -0.00199 e. The van der Waals surface area contributed by atoms with Crippen molar-refractivity contribution in [3.63, 3.8) is 0 Å². The van der Waals surface area contributed by atoms with Crippen molar-refractivity contribution in [3.05, 3.63) is 485 Å². The van der Waals surface area contributed by atoms with Crippen molar-refractivity contribution in [2.24, 2.45) is 0 Å². The SMILES string of the molecule is c1ccc2c(-c3c4ccccc4c(-c4ccc5c6ccccc6c6ccccc6c5c4)c4ccccc34)cccc2c1.c1ccc2c(c1)cc(-c1c3ccccc3c(-c3ccc4c5ccccc5c5ccccc5c4c3)c3ccccc13)c1ccccc12.c1ccc2cc(-c3c4ccccc4c(-c4ccc5c6ccccc6c6ccccc6c5c4)c4ccccc34)ccc2c1. The monoisotopic (exact) mass is 1640 g/mol. The van der Waals surface area contributed by atoms with E-state index in [0.717, 1.165) is 0 Å². The van der Waals surface area contributed by atoms with E-state index in [1.165, 1.54) is 271 Å². The molecule has 0 aliphatic carbocycles. The molecular weight excluding hydrogens is 1560 g/mol. The smallest absolute Gasteiger partial charge is 0.00199 e. The number of benzene rings is 28. The molecule has 0 N–H and O–H groups in total. The zero-order valence-corrected chi connectivity index (χ0v) is 71.2. The molecule has 0 saturated heterocycles. The predicted molar refractivity (Wildman–Crippen MR) is 565 cm³/mol. The maximum absolute atomic E-state index is 2.43. The van der Waals surface area contributed by atoms with Gasteiger partial charge in [-0.1, -0.05) is 455 Å². The van der Waals surface area contributed by atoms with Crippen LogP contribution >= 0.6 is 0 Å². The van der Waals surface area contributed by atoms with E-state index in [0.29, 0.717) is 0 Å². The second-order valence-electron chi connectivity index (χ2n) is 34.9. The molecule has 0 nitrogen and oxygen atoms in total. The molecule has 0 heterocycles.